The highest BCUT2D eigenvalue weighted by atomic mass is 79.9. The van der Waals surface area contributed by atoms with Crippen LogP contribution in [0.2, 0.25) is 0 Å². The molecule has 0 bridgehead atoms. The van der Waals surface area contributed by atoms with Crippen LogP contribution in [0.5, 0.6) is 0 Å². The molecule has 1 aliphatic rings. The first-order valence-corrected chi connectivity index (χ1v) is 5.37. The predicted octanol–water partition coefficient (Wildman–Crippen LogP) is 2.37. The number of hydrogen-bond acceptors (Lipinski definition) is 2. The van der Waals surface area contributed by atoms with E-state index in [1.54, 1.807) is 6.07 Å². The lowest BCUT2D eigenvalue weighted by Crippen LogP contribution is -2.18. The van der Waals surface area contributed by atoms with E-state index in [9.17, 15) is 9.18 Å². The van der Waals surface area contributed by atoms with E-state index in [2.05, 4.69) is 21.2 Å². The Labute approximate surface area is 95.4 Å². The number of halogens is 2. The Bertz CT molecular complexity index is 422. The minimum atomic E-state index is -0.371. The van der Waals surface area contributed by atoms with Crippen molar-refractivity contribution in [2.75, 3.05) is 23.8 Å². The Kier molecular flexibility index (Phi) is 2.65. The molecule has 3 nitrogen and oxygen atoms in total. The molecule has 0 atom stereocenters. The molecule has 1 amide bonds. The summed E-state index contributed by atoms with van der Waals surface area (Å²) in [7, 11) is 1.88. The van der Waals surface area contributed by atoms with E-state index < -0.39 is 0 Å². The molecule has 0 radical (unpaired) electrons. The van der Waals surface area contributed by atoms with Crippen LogP contribution in [-0.4, -0.2) is 19.5 Å². The van der Waals surface area contributed by atoms with Crippen molar-refractivity contribution in [1.82, 2.24) is 0 Å². The molecule has 1 aliphatic heterocycles. The summed E-state index contributed by atoms with van der Waals surface area (Å²) in [5, 5.41) is 2.68. The molecule has 0 saturated carbocycles. The molecule has 0 saturated heterocycles. The summed E-state index contributed by atoms with van der Waals surface area (Å²) in [6.07, 6.45) is 0.421. The third-order valence-corrected chi connectivity index (χ3v) is 3.01. The molecule has 2 rings (SSSR count). The summed E-state index contributed by atoms with van der Waals surface area (Å²) < 4.78 is 13.7. The highest BCUT2D eigenvalue weighted by Crippen LogP contribution is 2.32. The Balaban J connectivity index is 2.52. The van der Waals surface area contributed by atoms with Gasteiger partial charge in [-0.3, -0.25) is 4.79 Å². The first-order chi connectivity index (χ1) is 7.08. The quantitative estimate of drug-likeness (QED) is 0.787. The minimum Gasteiger partial charge on any atom is -0.372 e. The molecular formula is C10H10BrFN2O. The Morgan fingerprint density at radius 3 is 3.00 bits per heavy atom. The molecule has 1 heterocycles. The summed E-state index contributed by atoms with van der Waals surface area (Å²) in [4.78, 5) is 13.2. The number of nitrogens with zero attached hydrogens (tertiary/aromatic N) is 1. The number of benzene rings is 1. The van der Waals surface area contributed by atoms with E-state index in [4.69, 9.17) is 0 Å². The highest BCUT2D eigenvalue weighted by Gasteiger charge is 2.18. The predicted molar refractivity (Wildman–Crippen MR) is 60.6 cm³/mol. The van der Waals surface area contributed by atoms with E-state index in [1.165, 1.54) is 6.07 Å². The van der Waals surface area contributed by atoms with Crippen molar-refractivity contribution < 1.29 is 9.18 Å². The third-order valence-electron chi connectivity index (χ3n) is 2.40. The second-order valence-electron chi connectivity index (χ2n) is 3.50. The number of amides is 1. The topological polar surface area (TPSA) is 32.3 Å². The Morgan fingerprint density at radius 2 is 2.27 bits per heavy atom. The molecule has 1 aromatic rings. The molecular weight excluding hydrogens is 263 g/mol. The van der Waals surface area contributed by atoms with E-state index in [-0.39, 0.29) is 11.7 Å². The van der Waals surface area contributed by atoms with Gasteiger partial charge in [-0.1, -0.05) is 0 Å². The minimum absolute atomic E-state index is 0.0812. The summed E-state index contributed by atoms with van der Waals surface area (Å²) >= 11 is 3.13. The van der Waals surface area contributed by atoms with Crippen molar-refractivity contribution in [3.8, 4) is 0 Å². The zero-order chi connectivity index (χ0) is 11.0. The Hall–Kier alpha value is -1.10. The van der Waals surface area contributed by atoms with Crippen LogP contribution >= 0.6 is 15.9 Å². The van der Waals surface area contributed by atoms with E-state index in [0.717, 1.165) is 5.69 Å². The number of nitrogens with one attached hydrogen (secondary N) is 1. The smallest absolute Gasteiger partial charge is 0.226 e. The third kappa shape index (κ3) is 1.97. The first kappa shape index (κ1) is 10.4. The highest BCUT2D eigenvalue weighted by molar-refractivity contribution is 9.10. The number of hydrogen-bond donors (Lipinski definition) is 1. The van der Waals surface area contributed by atoms with Gasteiger partial charge in [0.2, 0.25) is 5.91 Å². The molecule has 1 aromatic carbocycles. The fourth-order valence-electron chi connectivity index (χ4n) is 1.55. The van der Waals surface area contributed by atoms with Gasteiger partial charge in [0.1, 0.15) is 5.82 Å². The average molecular weight is 273 g/mol. The Morgan fingerprint density at radius 1 is 1.53 bits per heavy atom. The van der Waals surface area contributed by atoms with Gasteiger partial charge in [-0.15, -0.1) is 0 Å². The van der Waals surface area contributed by atoms with E-state index >= 15 is 0 Å². The van der Waals surface area contributed by atoms with Crippen LogP contribution in [0.4, 0.5) is 15.8 Å². The zero-order valence-electron chi connectivity index (χ0n) is 8.18. The fraction of sp³-hybridized carbons (Fsp3) is 0.300. The first-order valence-electron chi connectivity index (χ1n) is 4.58. The van der Waals surface area contributed by atoms with Gasteiger partial charge in [-0.05, 0) is 22.0 Å². The molecule has 0 aliphatic carbocycles. The lowest BCUT2D eigenvalue weighted by Gasteiger charge is -2.18. The molecule has 5 heteroatoms. The monoisotopic (exact) mass is 272 g/mol. The maximum Gasteiger partial charge on any atom is 0.226 e. The fourth-order valence-corrected chi connectivity index (χ4v) is 1.89. The van der Waals surface area contributed by atoms with Gasteiger partial charge in [0, 0.05) is 26.1 Å². The maximum absolute atomic E-state index is 13.3. The molecule has 0 unspecified atom stereocenters. The standard InChI is InChI=1S/C10H10BrFN2O/c1-14-3-2-10(15)13-8-5-7(12)6(11)4-9(8)14/h4-5H,2-3H2,1H3,(H,13,15). The van der Waals surface area contributed by atoms with Crippen LogP contribution < -0.4 is 10.2 Å². The molecule has 15 heavy (non-hydrogen) atoms. The van der Waals surface area contributed by atoms with Crippen molar-refractivity contribution in [1.29, 1.82) is 0 Å². The lowest BCUT2D eigenvalue weighted by molar-refractivity contribution is -0.115. The normalized spacial score (nSPS) is 15.7. The van der Waals surface area contributed by atoms with Crippen LogP contribution in [0.15, 0.2) is 16.6 Å². The number of fused-ring (bicyclic) bond motifs is 1. The SMILES string of the molecule is CN1CCC(=O)Nc2cc(F)c(Br)cc21. The largest absolute Gasteiger partial charge is 0.372 e. The summed E-state index contributed by atoms with van der Waals surface area (Å²) in [5.74, 6) is -0.452. The van der Waals surface area contributed by atoms with E-state index in [1.807, 2.05) is 11.9 Å². The van der Waals surface area contributed by atoms with Crippen LogP contribution in [-0.2, 0) is 4.79 Å². The van der Waals surface area contributed by atoms with Crippen molar-refractivity contribution in [2.24, 2.45) is 0 Å². The number of rotatable bonds is 0. The number of anilines is 2. The van der Waals surface area contributed by atoms with E-state index in [0.29, 0.717) is 23.1 Å². The van der Waals surface area contributed by atoms with Gasteiger partial charge in [-0.25, -0.2) is 4.39 Å². The van der Waals surface area contributed by atoms with Crippen molar-refractivity contribution >= 4 is 33.2 Å². The summed E-state index contributed by atoms with van der Waals surface area (Å²) in [5.41, 5.74) is 1.36. The lowest BCUT2D eigenvalue weighted by atomic mass is 10.2. The average Bonchev–Trinajstić information content (AvgIpc) is 2.30. The number of carbonyl (C=O) groups excluding carboxylic acids is 1. The second-order valence-corrected chi connectivity index (χ2v) is 4.36. The molecule has 0 aromatic heterocycles. The van der Waals surface area contributed by atoms with Crippen LogP contribution in [0.25, 0.3) is 0 Å². The number of carbonyl (C=O) groups is 1. The van der Waals surface area contributed by atoms with Gasteiger partial charge in [0.25, 0.3) is 0 Å². The summed E-state index contributed by atoms with van der Waals surface area (Å²) in [6, 6.07) is 3.01. The maximum atomic E-state index is 13.3. The van der Waals surface area contributed by atoms with Crippen molar-refractivity contribution in [3.63, 3.8) is 0 Å². The molecule has 0 fully saturated rings. The summed E-state index contributed by atoms with van der Waals surface area (Å²) in [6.45, 7) is 0.636. The zero-order valence-corrected chi connectivity index (χ0v) is 9.77. The van der Waals surface area contributed by atoms with Crippen molar-refractivity contribution in [3.05, 3.63) is 22.4 Å². The van der Waals surface area contributed by atoms with Gasteiger partial charge in [-0.2, -0.15) is 0 Å². The molecule has 1 N–H and O–H groups in total. The van der Waals surface area contributed by atoms with Crippen LogP contribution in [0, 0.1) is 5.82 Å². The van der Waals surface area contributed by atoms with Gasteiger partial charge < -0.3 is 10.2 Å². The molecule has 0 spiro atoms. The second kappa shape index (κ2) is 3.81. The van der Waals surface area contributed by atoms with Crippen LogP contribution in [0.3, 0.4) is 0 Å². The van der Waals surface area contributed by atoms with Crippen LogP contribution in [0.1, 0.15) is 6.42 Å². The van der Waals surface area contributed by atoms with Crippen molar-refractivity contribution in [2.45, 2.75) is 6.42 Å². The molecule has 80 valence electrons. The van der Waals surface area contributed by atoms with Gasteiger partial charge in [0.05, 0.1) is 15.8 Å². The van der Waals surface area contributed by atoms with Gasteiger partial charge >= 0.3 is 0 Å². The van der Waals surface area contributed by atoms with Gasteiger partial charge in [0.15, 0.2) is 0 Å².